The molecule has 0 fully saturated rings. The number of amides is 1. The van der Waals surface area contributed by atoms with Gasteiger partial charge >= 0.3 is 5.97 Å². The molecule has 2 heterocycles. The molecule has 8 nitrogen and oxygen atoms in total. The van der Waals surface area contributed by atoms with E-state index >= 15 is 0 Å². The predicted molar refractivity (Wildman–Crippen MR) is 73.1 cm³/mol. The lowest BCUT2D eigenvalue weighted by Gasteiger charge is -2.03. The number of hydrogen-bond donors (Lipinski definition) is 2. The van der Waals surface area contributed by atoms with Crippen molar-refractivity contribution in [1.82, 2.24) is 25.1 Å². The number of rotatable bonds is 5. The van der Waals surface area contributed by atoms with E-state index in [9.17, 15) is 9.59 Å². The van der Waals surface area contributed by atoms with Crippen LogP contribution in [0.25, 0.3) is 6.08 Å². The predicted octanol–water partition coefficient (Wildman–Crippen LogP) is 0.238. The summed E-state index contributed by atoms with van der Waals surface area (Å²) >= 11 is 0. The van der Waals surface area contributed by atoms with Gasteiger partial charge in [-0.05, 0) is 17.7 Å². The van der Waals surface area contributed by atoms with Gasteiger partial charge in [0.15, 0.2) is 5.82 Å². The number of carbonyl (C=O) groups is 2. The van der Waals surface area contributed by atoms with Crippen molar-refractivity contribution in [3.63, 3.8) is 0 Å². The fraction of sp³-hybridized carbons (Fsp3) is 0.154. The molecule has 2 rings (SSSR count). The van der Waals surface area contributed by atoms with E-state index in [1.807, 2.05) is 0 Å². The lowest BCUT2D eigenvalue weighted by Crippen LogP contribution is -2.23. The molecule has 0 saturated carbocycles. The topological polar surface area (TPSA) is 110 Å². The molecule has 21 heavy (non-hydrogen) atoms. The quantitative estimate of drug-likeness (QED) is 0.762. The van der Waals surface area contributed by atoms with Gasteiger partial charge in [0.1, 0.15) is 6.33 Å². The number of nitrogens with zero attached hydrogens (tertiary/aromatic N) is 4. The number of hydrogen-bond acceptors (Lipinski definition) is 5. The van der Waals surface area contributed by atoms with Gasteiger partial charge in [0, 0.05) is 25.5 Å². The molecular weight excluding hydrogens is 274 g/mol. The third-order valence-corrected chi connectivity index (χ3v) is 2.49. The molecule has 108 valence electrons. The van der Waals surface area contributed by atoms with Crippen molar-refractivity contribution in [2.24, 2.45) is 7.05 Å². The number of aliphatic carboxylic acids is 1. The van der Waals surface area contributed by atoms with Crippen molar-refractivity contribution in [2.45, 2.75) is 6.54 Å². The van der Waals surface area contributed by atoms with E-state index < -0.39 is 5.97 Å². The molecular formula is C13H13N5O3. The maximum Gasteiger partial charge on any atom is 0.328 e. The summed E-state index contributed by atoms with van der Waals surface area (Å²) in [5.74, 6) is -0.896. The summed E-state index contributed by atoms with van der Waals surface area (Å²) in [6, 6.07) is 1.55. The monoisotopic (exact) mass is 287 g/mol. The van der Waals surface area contributed by atoms with Crippen LogP contribution in [-0.4, -0.2) is 36.7 Å². The number of aryl methyl sites for hydroxylation is 1. The summed E-state index contributed by atoms with van der Waals surface area (Å²) in [6.07, 6.45) is 6.76. The van der Waals surface area contributed by atoms with Crippen LogP contribution in [0, 0.1) is 0 Å². The van der Waals surface area contributed by atoms with Gasteiger partial charge in [0.05, 0.1) is 12.1 Å². The molecule has 0 saturated heterocycles. The molecule has 0 spiro atoms. The number of pyridine rings is 1. The van der Waals surface area contributed by atoms with E-state index in [1.54, 1.807) is 24.1 Å². The van der Waals surface area contributed by atoms with Crippen LogP contribution in [0.4, 0.5) is 0 Å². The third kappa shape index (κ3) is 4.23. The Labute approximate surface area is 120 Å². The first-order valence-corrected chi connectivity index (χ1v) is 6.03. The van der Waals surface area contributed by atoms with Crippen LogP contribution in [0.5, 0.6) is 0 Å². The molecule has 0 bridgehead atoms. The summed E-state index contributed by atoms with van der Waals surface area (Å²) in [4.78, 5) is 30.3. The Morgan fingerprint density at radius 2 is 2.24 bits per heavy atom. The molecule has 0 aliphatic carbocycles. The van der Waals surface area contributed by atoms with Gasteiger partial charge in [-0.15, -0.1) is 0 Å². The van der Waals surface area contributed by atoms with Crippen molar-refractivity contribution >= 4 is 18.0 Å². The summed E-state index contributed by atoms with van der Waals surface area (Å²) in [6.45, 7) is 0.203. The van der Waals surface area contributed by atoms with E-state index in [2.05, 4.69) is 20.4 Å². The minimum atomic E-state index is -1.06. The molecule has 2 aromatic rings. The Hall–Kier alpha value is -3.03. The number of aromatic nitrogens is 4. The first kappa shape index (κ1) is 14.4. The van der Waals surface area contributed by atoms with Crippen LogP contribution in [0.3, 0.4) is 0 Å². The minimum absolute atomic E-state index is 0.203. The summed E-state index contributed by atoms with van der Waals surface area (Å²) in [7, 11) is 1.74. The van der Waals surface area contributed by atoms with Gasteiger partial charge in [-0.3, -0.25) is 14.5 Å². The van der Waals surface area contributed by atoms with Gasteiger partial charge in [0.25, 0.3) is 5.91 Å². The second kappa shape index (κ2) is 6.42. The largest absolute Gasteiger partial charge is 0.478 e. The average molecular weight is 287 g/mol. The van der Waals surface area contributed by atoms with Gasteiger partial charge < -0.3 is 10.4 Å². The van der Waals surface area contributed by atoms with Crippen molar-refractivity contribution in [1.29, 1.82) is 0 Å². The standard InChI is InChI=1S/C13H13N5O3/c1-18-8-16-11(17-18)7-15-13(21)10-4-9(5-14-6-10)2-3-12(19)20/h2-6,8H,7H2,1H3,(H,15,21)(H,19,20)/b3-2+. The van der Waals surface area contributed by atoms with Crippen molar-refractivity contribution in [3.8, 4) is 0 Å². The van der Waals surface area contributed by atoms with Crippen LogP contribution in [0.15, 0.2) is 30.9 Å². The summed E-state index contributed by atoms with van der Waals surface area (Å²) in [5.41, 5.74) is 0.861. The minimum Gasteiger partial charge on any atom is -0.478 e. The van der Waals surface area contributed by atoms with Crippen molar-refractivity contribution in [2.75, 3.05) is 0 Å². The van der Waals surface area contributed by atoms with E-state index in [0.717, 1.165) is 6.08 Å². The van der Waals surface area contributed by atoms with E-state index in [4.69, 9.17) is 5.11 Å². The lowest BCUT2D eigenvalue weighted by molar-refractivity contribution is -0.131. The molecule has 0 atom stereocenters. The Balaban J connectivity index is 2.02. The SMILES string of the molecule is Cn1cnc(CNC(=O)c2cncc(/C=C/C(=O)O)c2)n1. The molecule has 2 N–H and O–H groups in total. The number of carboxylic acids is 1. The second-order valence-corrected chi connectivity index (χ2v) is 4.20. The highest BCUT2D eigenvalue weighted by Crippen LogP contribution is 2.05. The van der Waals surface area contributed by atoms with E-state index in [1.165, 1.54) is 18.5 Å². The number of carbonyl (C=O) groups excluding carboxylic acids is 1. The van der Waals surface area contributed by atoms with Gasteiger partial charge in [-0.1, -0.05) is 0 Å². The van der Waals surface area contributed by atoms with Crippen LogP contribution in [0.1, 0.15) is 21.7 Å². The van der Waals surface area contributed by atoms with Crippen LogP contribution < -0.4 is 5.32 Å². The van der Waals surface area contributed by atoms with Gasteiger partial charge in [-0.2, -0.15) is 5.10 Å². The van der Waals surface area contributed by atoms with Gasteiger partial charge in [0.2, 0.25) is 0 Å². The molecule has 0 unspecified atom stereocenters. The fourth-order valence-electron chi connectivity index (χ4n) is 1.57. The first-order valence-electron chi connectivity index (χ1n) is 6.03. The van der Waals surface area contributed by atoms with Crippen LogP contribution in [0.2, 0.25) is 0 Å². The lowest BCUT2D eigenvalue weighted by atomic mass is 10.2. The molecule has 1 amide bonds. The van der Waals surface area contributed by atoms with Crippen LogP contribution in [-0.2, 0) is 18.4 Å². The number of carboxylic acid groups (broad SMARTS) is 1. The Bertz CT molecular complexity index is 693. The highest BCUT2D eigenvalue weighted by Gasteiger charge is 2.07. The summed E-state index contributed by atoms with van der Waals surface area (Å²) < 4.78 is 1.54. The smallest absolute Gasteiger partial charge is 0.328 e. The Morgan fingerprint density at radius 3 is 2.90 bits per heavy atom. The second-order valence-electron chi connectivity index (χ2n) is 4.20. The summed E-state index contributed by atoms with van der Waals surface area (Å²) in [5, 5.41) is 15.3. The maximum atomic E-state index is 12.0. The van der Waals surface area contributed by atoms with E-state index in [-0.39, 0.29) is 12.5 Å². The molecule has 2 aromatic heterocycles. The Morgan fingerprint density at radius 1 is 1.43 bits per heavy atom. The zero-order valence-electron chi connectivity index (χ0n) is 11.2. The van der Waals surface area contributed by atoms with Crippen molar-refractivity contribution in [3.05, 3.63) is 47.8 Å². The molecule has 0 aromatic carbocycles. The number of nitrogens with one attached hydrogen (secondary N) is 1. The highest BCUT2D eigenvalue weighted by molar-refractivity contribution is 5.94. The average Bonchev–Trinajstić information content (AvgIpc) is 2.88. The van der Waals surface area contributed by atoms with Crippen LogP contribution >= 0.6 is 0 Å². The highest BCUT2D eigenvalue weighted by atomic mass is 16.4. The Kier molecular flexibility index (Phi) is 4.39. The maximum absolute atomic E-state index is 12.0. The van der Waals surface area contributed by atoms with Crippen molar-refractivity contribution < 1.29 is 14.7 Å². The van der Waals surface area contributed by atoms with E-state index in [0.29, 0.717) is 17.0 Å². The fourth-order valence-corrected chi connectivity index (χ4v) is 1.57. The first-order chi connectivity index (χ1) is 10.0. The molecule has 0 aliphatic rings. The zero-order valence-corrected chi connectivity index (χ0v) is 11.2. The molecule has 0 aliphatic heterocycles. The molecule has 0 radical (unpaired) electrons. The molecule has 8 heteroatoms. The normalized spacial score (nSPS) is 10.7. The zero-order chi connectivity index (χ0) is 15.2. The third-order valence-electron chi connectivity index (χ3n) is 2.49. The van der Waals surface area contributed by atoms with Gasteiger partial charge in [-0.25, -0.2) is 9.78 Å².